The highest BCUT2D eigenvalue weighted by atomic mass is 28.5. The van der Waals surface area contributed by atoms with Crippen molar-refractivity contribution in [1.82, 2.24) is 10.6 Å². The first-order valence-electron chi connectivity index (χ1n) is 18.4. The van der Waals surface area contributed by atoms with Gasteiger partial charge in [0.25, 0.3) is 0 Å². The highest BCUT2D eigenvalue weighted by Gasteiger charge is 2.40. The normalized spacial score (nSPS) is 13.5. The first-order valence-corrected chi connectivity index (χ1v) is 36.5. The van der Waals surface area contributed by atoms with Crippen LogP contribution in [0.5, 0.6) is 0 Å². The largest absolute Gasteiger partial charge is 0.437 e. The van der Waals surface area contributed by atoms with Crippen LogP contribution in [0.15, 0.2) is 0 Å². The molecule has 0 spiro atoms. The van der Waals surface area contributed by atoms with Crippen LogP contribution >= 0.6 is 0 Å². The number of nitrogens with one attached hydrogen (secondary N) is 2. The molecule has 0 unspecified atom stereocenters. The maximum Gasteiger partial charge on any atom is 0.311 e. The summed E-state index contributed by atoms with van der Waals surface area (Å²) in [7, 11) is -11.8. The van der Waals surface area contributed by atoms with Crippen molar-refractivity contribution in [3.8, 4) is 0 Å². The van der Waals surface area contributed by atoms with Gasteiger partial charge in [0.15, 0.2) is 33.3 Å². The van der Waals surface area contributed by atoms with Crippen molar-refractivity contribution >= 4 is 62.3 Å². The number of hydrogen-bond acceptors (Lipinski definition) is 12. The molecule has 0 atom stereocenters. The molecule has 0 amide bonds. The predicted octanol–water partition coefficient (Wildman–Crippen LogP) is 5.76. The van der Waals surface area contributed by atoms with Crippen molar-refractivity contribution in [2.45, 2.75) is 141 Å². The zero-order valence-electron chi connectivity index (χ0n) is 33.4. The molecule has 0 rings (SSSR count). The van der Waals surface area contributed by atoms with Crippen molar-refractivity contribution in [3.05, 3.63) is 0 Å². The summed E-state index contributed by atoms with van der Waals surface area (Å²) in [5.41, 5.74) is 11.4. The van der Waals surface area contributed by atoms with E-state index in [0.717, 1.165) is 62.9 Å². The molecule has 292 valence electrons. The molecule has 0 aliphatic heterocycles. The Labute approximate surface area is 306 Å². The Morgan fingerprint density at radius 3 is 1.04 bits per heavy atom. The molecule has 0 aromatic carbocycles. The van der Waals surface area contributed by atoms with Crippen LogP contribution in [0.4, 0.5) is 0 Å². The van der Waals surface area contributed by atoms with Crippen LogP contribution < -0.4 is 22.1 Å². The van der Waals surface area contributed by atoms with Gasteiger partial charge in [-0.3, -0.25) is 9.59 Å². The average Bonchev–Trinajstić information content (AvgIpc) is 2.92. The lowest BCUT2D eigenvalue weighted by Gasteiger charge is -2.39. The number of esters is 2. The minimum Gasteiger partial charge on any atom is -0.437 e. The molecule has 0 aromatic heterocycles. The Morgan fingerprint density at radius 1 is 0.469 bits per heavy atom. The predicted molar refractivity (Wildman–Crippen MR) is 217 cm³/mol. The number of rotatable bonds is 30. The monoisotopic (exact) mass is 800 g/mol. The van der Waals surface area contributed by atoms with E-state index in [-0.39, 0.29) is 19.6 Å². The first-order chi connectivity index (χ1) is 22.4. The number of carbonyl (C=O) groups excluding carboxylic acids is 2. The highest BCUT2D eigenvalue weighted by Crippen LogP contribution is 2.27. The van der Waals surface area contributed by atoms with Crippen molar-refractivity contribution in [3.63, 3.8) is 0 Å². The van der Waals surface area contributed by atoms with Gasteiger partial charge in [-0.15, -0.1) is 0 Å². The smallest absolute Gasteiger partial charge is 0.311 e. The number of nitrogens with two attached hydrogens (primary N) is 2. The van der Waals surface area contributed by atoms with Crippen LogP contribution in [0.1, 0.15) is 38.5 Å². The maximum absolute atomic E-state index is 12.1. The highest BCUT2D eigenvalue weighted by molar-refractivity contribution is 6.88. The fourth-order valence-electron chi connectivity index (χ4n) is 6.18. The topological polar surface area (TPSA) is 166 Å². The van der Waals surface area contributed by atoms with Crippen LogP contribution in [-0.4, -0.2) is 108 Å². The van der Waals surface area contributed by atoms with Gasteiger partial charge in [0, 0.05) is 13.1 Å². The molecular weight excluding hydrogens is 725 g/mol. The molecule has 0 aliphatic rings. The summed E-state index contributed by atoms with van der Waals surface area (Å²) in [5, 5.41) is 6.61. The Balaban J connectivity index is 4.05. The van der Waals surface area contributed by atoms with Crippen LogP contribution in [0.2, 0.25) is 103 Å². The molecule has 18 heteroatoms. The second kappa shape index (κ2) is 23.6. The van der Waals surface area contributed by atoms with Crippen molar-refractivity contribution in [2.75, 3.05) is 46.1 Å². The molecule has 0 heterocycles. The second-order valence-electron chi connectivity index (χ2n) is 16.4. The van der Waals surface area contributed by atoms with Crippen LogP contribution in [0.25, 0.3) is 0 Å². The minimum atomic E-state index is -2.22. The molecule has 12 nitrogen and oxygen atoms in total. The molecule has 6 N–H and O–H groups in total. The Bertz CT molecular complexity index is 874. The molecule has 0 bridgehead atoms. The standard InChI is InChI=1S/C31H76N4O8Si6/c1-44(2,25-13-19-32)40-48(9,10)42-46(5,6)27-15-21-34-23-17-30(36)38-29-39-31(37)18-24-35-22-16-28-47(7,8)43-49(11,12)41-45(3,4)26-14-20-33/h34-35H,13-29,32-33H2,1-12H3. The van der Waals surface area contributed by atoms with E-state index < -0.39 is 62.3 Å². The third-order valence-corrected chi connectivity index (χ3v) is 30.7. The van der Waals surface area contributed by atoms with Crippen molar-refractivity contribution in [2.24, 2.45) is 11.5 Å². The molecule has 0 radical (unpaired) electrons. The summed E-state index contributed by atoms with van der Waals surface area (Å²) in [6.45, 7) is 30.3. The molecule has 49 heavy (non-hydrogen) atoms. The van der Waals surface area contributed by atoms with Gasteiger partial charge in [0.2, 0.25) is 6.79 Å². The Morgan fingerprint density at radius 2 is 0.755 bits per heavy atom. The van der Waals surface area contributed by atoms with Gasteiger partial charge in [-0.25, -0.2) is 0 Å². The van der Waals surface area contributed by atoms with Crippen molar-refractivity contribution < 1.29 is 35.5 Å². The maximum atomic E-state index is 12.1. The minimum absolute atomic E-state index is 0.218. The zero-order valence-corrected chi connectivity index (χ0v) is 39.4. The van der Waals surface area contributed by atoms with Crippen LogP contribution in [-0.2, 0) is 35.5 Å². The van der Waals surface area contributed by atoms with Gasteiger partial charge >= 0.3 is 29.1 Å². The summed E-state index contributed by atoms with van der Waals surface area (Å²) in [6, 6.07) is 4.14. The second-order valence-corrected chi connectivity index (χ2v) is 41.3. The van der Waals surface area contributed by atoms with Crippen LogP contribution in [0, 0.1) is 0 Å². The summed E-state index contributed by atoms with van der Waals surface area (Å²) < 4.78 is 36.6. The van der Waals surface area contributed by atoms with Gasteiger partial charge in [-0.1, -0.05) is 0 Å². The lowest BCUT2D eigenvalue weighted by Crippen LogP contribution is -2.52. The third-order valence-electron chi connectivity index (χ3n) is 7.77. The molecule has 0 saturated heterocycles. The van der Waals surface area contributed by atoms with Gasteiger partial charge in [0.1, 0.15) is 0 Å². The van der Waals surface area contributed by atoms with Gasteiger partial charge in [-0.05, 0) is 155 Å². The van der Waals surface area contributed by atoms with E-state index in [1.165, 1.54) is 0 Å². The zero-order chi connectivity index (χ0) is 37.8. The fourth-order valence-corrected chi connectivity index (χ4v) is 34.4. The molecule has 0 saturated carbocycles. The number of carbonyl (C=O) groups is 2. The first kappa shape index (κ1) is 48.9. The van der Waals surface area contributed by atoms with E-state index in [1.807, 2.05) is 0 Å². The Kier molecular flexibility index (Phi) is 23.5. The lowest BCUT2D eigenvalue weighted by atomic mass is 10.4. The molecule has 0 aromatic rings. The van der Waals surface area contributed by atoms with Gasteiger partial charge in [-0.2, -0.15) is 0 Å². The summed E-state index contributed by atoms with van der Waals surface area (Å²) in [6.07, 6.45) is 4.37. The third kappa shape index (κ3) is 28.1. The van der Waals surface area contributed by atoms with Crippen molar-refractivity contribution in [1.29, 1.82) is 0 Å². The van der Waals surface area contributed by atoms with E-state index in [4.69, 9.17) is 37.4 Å². The van der Waals surface area contributed by atoms with Gasteiger partial charge < -0.3 is 48.0 Å². The molecular formula is C31H76N4O8Si6. The lowest BCUT2D eigenvalue weighted by molar-refractivity contribution is -0.167. The SMILES string of the molecule is C[Si](C)(CCCN)O[Si](C)(C)O[Si](C)(C)CCCNCCC(=O)OCOC(=O)CCNCCC[Si](C)(C)O[Si](C)(C)O[Si](C)(C)CCCN. The molecule has 0 aliphatic carbocycles. The molecule has 0 fully saturated rings. The van der Waals surface area contributed by atoms with Crippen LogP contribution in [0.3, 0.4) is 0 Å². The average molecular weight is 801 g/mol. The van der Waals surface area contributed by atoms with E-state index in [9.17, 15) is 9.59 Å². The van der Waals surface area contributed by atoms with E-state index in [1.54, 1.807) is 0 Å². The number of ether oxygens (including phenoxy) is 2. The van der Waals surface area contributed by atoms with E-state index in [2.05, 4.69) is 89.2 Å². The Hall–Kier alpha value is -0.0787. The van der Waals surface area contributed by atoms with E-state index >= 15 is 0 Å². The summed E-state index contributed by atoms with van der Waals surface area (Å²) in [4.78, 5) is 24.1. The quantitative estimate of drug-likeness (QED) is 0.0301. The summed E-state index contributed by atoms with van der Waals surface area (Å²) in [5.74, 6) is -0.787. The number of hydrogen-bond donors (Lipinski definition) is 4. The van der Waals surface area contributed by atoms with E-state index in [0.29, 0.717) is 26.2 Å². The van der Waals surface area contributed by atoms with Gasteiger partial charge in [0.05, 0.1) is 12.8 Å². The summed E-state index contributed by atoms with van der Waals surface area (Å²) >= 11 is 0. The fraction of sp³-hybridized carbons (Fsp3) is 0.935.